The Morgan fingerprint density at radius 3 is 3.00 bits per heavy atom. The number of nitrogens with two attached hydrogens (primary N) is 1. The highest BCUT2D eigenvalue weighted by Crippen LogP contribution is 2.25. The van der Waals surface area contributed by atoms with Crippen LogP contribution in [0.5, 0.6) is 0 Å². The van der Waals surface area contributed by atoms with Crippen LogP contribution in [-0.4, -0.2) is 12.5 Å². The standard InChI is InChI=1S/C12H14N2O2/c13-7-3-6-12(15)14-10-8-16-11-5-2-1-4-9(10)11/h1-2,4-5,8H,3,6-7,13H2,(H,14,15). The number of amides is 1. The zero-order chi connectivity index (χ0) is 11.4. The van der Waals surface area contributed by atoms with Crippen molar-refractivity contribution in [3.8, 4) is 0 Å². The molecular formula is C12H14N2O2. The van der Waals surface area contributed by atoms with Crippen molar-refractivity contribution in [2.24, 2.45) is 5.73 Å². The van der Waals surface area contributed by atoms with Gasteiger partial charge in [-0.05, 0) is 25.1 Å². The summed E-state index contributed by atoms with van der Waals surface area (Å²) in [5.41, 5.74) is 6.84. The van der Waals surface area contributed by atoms with E-state index in [0.29, 0.717) is 19.4 Å². The Balaban J connectivity index is 2.12. The number of furan rings is 1. The summed E-state index contributed by atoms with van der Waals surface area (Å²) in [6, 6.07) is 7.58. The highest BCUT2D eigenvalue weighted by atomic mass is 16.3. The zero-order valence-electron chi connectivity index (χ0n) is 8.90. The molecule has 0 radical (unpaired) electrons. The smallest absolute Gasteiger partial charge is 0.224 e. The summed E-state index contributed by atoms with van der Waals surface area (Å²) in [6.07, 6.45) is 2.70. The van der Waals surface area contributed by atoms with E-state index in [0.717, 1.165) is 16.7 Å². The van der Waals surface area contributed by atoms with Gasteiger partial charge in [-0.3, -0.25) is 4.79 Å². The molecule has 0 fully saturated rings. The predicted octanol–water partition coefficient (Wildman–Crippen LogP) is 2.11. The zero-order valence-corrected chi connectivity index (χ0v) is 8.90. The highest BCUT2D eigenvalue weighted by molar-refractivity contribution is 6.00. The van der Waals surface area contributed by atoms with E-state index in [4.69, 9.17) is 10.2 Å². The number of carbonyl (C=O) groups excluding carboxylic acids is 1. The van der Waals surface area contributed by atoms with E-state index in [1.807, 2.05) is 24.3 Å². The average molecular weight is 218 g/mol. The van der Waals surface area contributed by atoms with Gasteiger partial charge in [-0.2, -0.15) is 0 Å². The second-order valence-corrected chi connectivity index (χ2v) is 3.59. The van der Waals surface area contributed by atoms with Crippen LogP contribution < -0.4 is 11.1 Å². The van der Waals surface area contributed by atoms with Crippen molar-refractivity contribution in [2.75, 3.05) is 11.9 Å². The quantitative estimate of drug-likeness (QED) is 0.825. The molecule has 0 bridgehead atoms. The molecule has 0 spiro atoms. The minimum atomic E-state index is -0.0306. The molecule has 1 aromatic heterocycles. The second-order valence-electron chi connectivity index (χ2n) is 3.59. The monoisotopic (exact) mass is 218 g/mol. The fraction of sp³-hybridized carbons (Fsp3) is 0.250. The molecule has 4 heteroatoms. The van der Waals surface area contributed by atoms with Crippen molar-refractivity contribution in [3.63, 3.8) is 0 Å². The normalized spacial score (nSPS) is 10.6. The van der Waals surface area contributed by atoms with Crippen molar-refractivity contribution in [3.05, 3.63) is 30.5 Å². The van der Waals surface area contributed by atoms with E-state index < -0.39 is 0 Å². The number of carbonyl (C=O) groups is 1. The molecule has 0 atom stereocenters. The number of anilines is 1. The van der Waals surface area contributed by atoms with Gasteiger partial charge in [-0.25, -0.2) is 0 Å². The topological polar surface area (TPSA) is 68.3 Å². The minimum absolute atomic E-state index is 0.0306. The Morgan fingerprint density at radius 1 is 1.38 bits per heavy atom. The first kappa shape index (κ1) is 10.7. The summed E-state index contributed by atoms with van der Waals surface area (Å²) in [5, 5.41) is 3.73. The van der Waals surface area contributed by atoms with Gasteiger partial charge in [-0.1, -0.05) is 12.1 Å². The molecule has 0 saturated carbocycles. The molecule has 0 aliphatic rings. The van der Waals surface area contributed by atoms with Crippen LogP contribution in [0.3, 0.4) is 0 Å². The third-order valence-electron chi connectivity index (χ3n) is 2.36. The predicted molar refractivity (Wildman–Crippen MR) is 63.1 cm³/mol. The summed E-state index contributed by atoms with van der Waals surface area (Å²) in [4.78, 5) is 11.5. The van der Waals surface area contributed by atoms with E-state index in [1.54, 1.807) is 6.26 Å². The molecule has 84 valence electrons. The molecule has 0 unspecified atom stereocenters. The van der Waals surface area contributed by atoms with E-state index in [1.165, 1.54) is 0 Å². The van der Waals surface area contributed by atoms with Gasteiger partial charge in [0.15, 0.2) is 0 Å². The SMILES string of the molecule is NCCCC(=O)Nc1coc2ccccc12. The first-order valence-corrected chi connectivity index (χ1v) is 5.27. The van der Waals surface area contributed by atoms with E-state index in [9.17, 15) is 4.79 Å². The highest BCUT2D eigenvalue weighted by Gasteiger charge is 2.07. The molecule has 3 N–H and O–H groups in total. The van der Waals surface area contributed by atoms with Crippen LogP contribution in [0.15, 0.2) is 34.9 Å². The Labute approximate surface area is 93.4 Å². The van der Waals surface area contributed by atoms with Crippen molar-refractivity contribution in [1.29, 1.82) is 0 Å². The van der Waals surface area contributed by atoms with Crippen LogP contribution in [0.4, 0.5) is 5.69 Å². The van der Waals surface area contributed by atoms with Gasteiger partial charge in [0.2, 0.25) is 5.91 Å². The number of rotatable bonds is 4. The Kier molecular flexibility index (Phi) is 3.22. The number of para-hydroxylation sites is 1. The van der Waals surface area contributed by atoms with Crippen LogP contribution in [0.25, 0.3) is 11.0 Å². The van der Waals surface area contributed by atoms with Crippen LogP contribution in [-0.2, 0) is 4.79 Å². The molecule has 2 aromatic rings. The van der Waals surface area contributed by atoms with Gasteiger partial charge < -0.3 is 15.5 Å². The summed E-state index contributed by atoms with van der Waals surface area (Å²) < 4.78 is 5.31. The maximum Gasteiger partial charge on any atom is 0.224 e. The van der Waals surface area contributed by atoms with Crippen LogP contribution >= 0.6 is 0 Å². The fourth-order valence-corrected chi connectivity index (χ4v) is 1.55. The second kappa shape index (κ2) is 4.81. The summed E-state index contributed by atoms with van der Waals surface area (Å²) in [7, 11) is 0. The number of nitrogens with one attached hydrogen (secondary N) is 1. The van der Waals surface area contributed by atoms with Crippen LogP contribution in [0.2, 0.25) is 0 Å². The maximum absolute atomic E-state index is 11.5. The van der Waals surface area contributed by atoms with Gasteiger partial charge in [0.25, 0.3) is 0 Å². The van der Waals surface area contributed by atoms with Crippen molar-refractivity contribution in [2.45, 2.75) is 12.8 Å². The Bertz CT molecular complexity index is 490. The van der Waals surface area contributed by atoms with E-state index in [2.05, 4.69) is 5.32 Å². The lowest BCUT2D eigenvalue weighted by Gasteiger charge is -2.01. The number of benzene rings is 1. The van der Waals surface area contributed by atoms with Gasteiger partial charge in [0.05, 0.1) is 5.69 Å². The fourth-order valence-electron chi connectivity index (χ4n) is 1.55. The number of hydrogen-bond acceptors (Lipinski definition) is 3. The summed E-state index contributed by atoms with van der Waals surface area (Å²) in [6.45, 7) is 0.527. The van der Waals surface area contributed by atoms with Crippen molar-refractivity contribution < 1.29 is 9.21 Å². The van der Waals surface area contributed by atoms with Gasteiger partial charge in [-0.15, -0.1) is 0 Å². The summed E-state index contributed by atoms with van der Waals surface area (Å²) >= 11 is 0. The van der Waals surface area contributed by atoms with E-state index >= 15 is 0 Å². The first-order chi connectivity index (χ1) is 7.81. The molecule has 0 saturated heterocycles. The molecule has 0 aliphatic carbocycles. The lowest BCUT2D eigenvalue weighted by Crippen LogP contribution is -2.12. The van der Waals surface area contributed by atoms with Crippen molar-refractivity contribution in [1.82, 2.24) is 0 Å². The maximum atomic E-state index is 11.5. The molecule has 16 heavy (non-hydrogen) atoms. The third-order valence-corrected chi connectivity index (χ3v) is 2.36. The summed E-state index contributed by atoms with van der Waals surface area (Å²) in [5.74, 6) is -0.0306. The molecule has 2 rings (SSSR count). The first-order valence-electron chi connectivity index (χ1n) is 5.27. The number of fused-ring (bicyclic) bond motifs is 1. The Morgan fingerprint density at radius 2 is 2.19 bits per heavy atom. The van der Waals surface area contributed by atoms with Gasteiger partial charge in [0, 0.05) is 11.8 Å². The number of hydrogen-bond donors (Lipinski definition) is 2. The van der Waals surface area contributed by atoms with E-state index in [-0.39, 0.29) is 5.91 Å². The lowest BCUT2D eigenvalue weighted by atomic mass is 10.2. The lowest BCUT2D eigenvalue weighted by molar-refractivity contribution is -0.116. The largest absolute Gasteiger partial charge is 0.462 e. The molecule has 0 aliphatic heterocycles. The van der Waals surface area contributed by atoms with Gasteiger partial charge in [0.1, 0.15) is 11.8 Å². The molecule has 1 aromatic carbocycles. The minimum Gasteiger partial charge on any atom is -0.462 e. The van der Waals surface area contributed by atoms with Gasteiger partial charge >= 0.3 is 0 Å². The Hall–Kier alpha value is -1.81. The molecular weight excluding hydrogens is 204 g/mol. The molecule has 1 amide bonds. The van der Waals surface area contributed by atoms with Crippen molar-refractivity contribution >= 4 is 22.6 Å². The molecule has 4 nitrogen and oxygen atoms in total. The average Bonchev–Trinajstić information content (AvgIpc) is 2.70. The van der Waals surface area contributed by atoms with Crippen LogP contribution in [0.1, 0.15) is 12.8 Å². The van der Waals surface area contributed by atoms with Crippen LogP contribution in [0, 0.1) is 0 Å². The molecule has 1 heterocycles. The third kappa shape index (κ3) is 2.23.